The molecule has 1 aromatic carbocycles. The standard InChI is InChI=1S/C9H7F5O/c1-3(15)2-4-5(10)7(12)9(14)8(13)6(4)11/h3,15H,2H2,1H3/t3-/m1/s1. The molecule has 0 spiro atoms. The third-order valence-electron chi connectivity index (χ3n) is 1.80. The van der Waals surface area contributed by atoms with Gasteiger partial charge in [-0.15, -0.1) is 0 Å². The molecule has 0 aromatic heterocycles. The Morgan fingerprint density at radius 1 is 0.867 bits per heavy atom. The molecule has 0 bridgehead atoms. The van der Waals surface area contributed by atoms with Gasteiger partial charge in [0.2, 0.25) is 5.82 Å². The number of hydrogen-bond acceptors (Lipinski definition) is 1. The molecule has 1 N–H and O–H groups in total. The molecule has 0 radical (unpaired) electrons. The van der Waals surface area contributed by atoms with E-state index >= 15 is 0 Å². The second kappa shape index (κ2) is 4.14. The summed E-state index contributed by atoms with van der Waals surface area (Å²) in [5, 5.41) is 8.83. The van der Waals surface area contributed by atoms with Crippen molar-refractivity contribution in [2.75, 3.05) is 0 Å². The number of rotatable bonds is 2. The highest BCUT2D eigenvalue weighted by Crippen LogP contribution is 2.23. The Balaban J connectivity index is 3.39. The summed E-state index contributed by atoms with van der Waals surface area (Å²) < 4.78 is 63.6. The van der Waals surface area contributed by atoms with Gasteiger partial charge in [-0.1, -0.05) is 0 Å². The molecule has 84 valence electrons. The molecule has 1 rings (SSSR count). The van der Waals surface area contributed by atoms with E-state index in [1.807, 2.05) is 0 Å². The van der Waals surface area contributed by atoms with Gasteiger partial charge in [-0.25, -0.2) is 22.0 Å². The Bertz CT molecular complexity index is 360. The largest absolute Gasteiger partial charge is 0.393 e. The number of aliphatic hydroxyl groups excluding tert-OH is 1. The predicted octanol–water partition coefficient (Wildman–Crippen LogP) is 2.31. The average molecular weight is 226 g/mol. The smallest absolute Gasteiger partial charge is 0.200 e. The molecule has 0 aliphatic carbocycles. The Hall–Kier alpha value is -1.17. The summed E-state index contributed by atoms with van der Waals surface area (Å²) in [6, 6.07) is 0. The van der Waals surface area contributed by atoms with Gasteiger partial charge in [0.1, 0.15) is 0 Å². The summed E-state index contributed by atoms with van der Waals surface area (Å²) in [5.41, 5.74) is -0.999. The van der Waals surface area contributed by atoms with Crippen molar-refractivity contribution in [2.24, 2.45) is 0 Å². The first kappa shape index (κ1) is 11.9. The van der Waals surface area contributed by atoms with Gasteiger partial charge in [0.05, 0.1) is 6.10 Å². The lowest BCUT2D eigenvalue weighted by Gasteiger charge is -2.09. The van der Waals surface area contributed by atoms with Gasteiger partial charge in [-0.3, -0.25) is 0 Å². The molecule has 15 heavy (non-hydrogen) atoms. The van der Waals surface area contributed by atoms with Crippen LogP contribution in [0.15, 0.2) is 0 Å². The number of hydrogen-bond donors (Lipinski definition) is 1. The molecule has 0 heterocycles. The van der Waals surface area contributed by atoms with Crippen molar-refractivity contribution in [1.82, 2.24) is 0 Å². The van der Waals surface area contributed by atoms with Crippen LogP contribution in [0.3, 0.4) is 0 Å². The Morgan fingerprint density at radius 3 is 1.53 bits per heavy atom. The molecule has 0 saturated carbocycles. The molecular formula is C9H7F5O. The lowest BCUT2D eigenvalue weighted by Crippen LogP contribution is -2.13. The zero-order valence-corrected chi connectivity index (χ0v) is 7.62. The van der Waals surface area contributed by atoms with E-state index in [1.54, 1.807) is 0 Å². The summed E-state index contributed by atoms with van der Waals surface area (Å²) in [5.74, 6) is -9.98. The normalized spacial score (nSPS) is 13.0. The molecule has 1 nitrogen and oxygen atoms in total. The van der Waals surface area contributed by atoms with Gasteiger partial charge in [-0.2, -0.15) is 0 Å². The van der Waals surface area contributed by atoms with Crippen LogP contribution < -0.4 is 0 Å². The third kappa shape index (κ3) is 2.09. The number of halogens is 5. The first-order valence-corrected chi connectivity index (χ1v) is 4.04. The van der Waals surface area contributed by atoms with E-state index in [4.69, 9.17) is 5.11 Å². The summed E-state index contributed by atoms with van der Waals surface area (Å²) in [7, 11) is 0. The topological polar surface area (TPSA) is 20.2 Å². The zero-order chi connectivity index (χ0) is 11.7. The summed E-state index contributed by atoms with van der Waals surface area (Å²) >= 11 is 0. The summed E-state index contributed by atoms with van der Waals surface area (Å²) in [4.78, 5) is 0. The second-order valence-electron chi connectivity index (χ2n) is 3.10. The zero-order valence-electron chi connectivity index (χ0n) is 7.62. The van der Waals surface area contributed by atoms with Crippen LogP contribution in [-0.2, 0) is 6.42 Å². The SMILES string of the molecule is C[C@@H](O)Cc1c(F)c(F)c(F)c(F)c1F. The minimum absolute atomic E-state index is 0.633. The molecular weight excluding hydrogens is 219 g/mol. The van der Waals surface area contributed by atoms with Gasteiger partial charge < -0.3 is 5.11 Å². The lowest BCUT2D eigenvalue weighted by molar-refractivity contribution is 0.191. The van der Waals surface area contributed by atoms with E-state index in [0.29, 0.717) is 0 Å². The van der Waals surface area contributed by atoms with Gasteiger partial charge in [0, 0.05) is 12.0 Å². The highest BCUT2D eigenvalue weighted by Gasteiger charge is 2.25. The van der Waals surface area contributed by atoms with E-state index in [1.165, 1.54) is 6.92 Å². The van der Waals surface area contributed by atoms with Crippen molar-refractivity contribution in [2.45, 2.75) is 19.4 Å². The molecule has 0 amide bonds. The number of aliphatic hydroxyl groups is 1. The van der Waals surface area contributed by atoms with Crippen LogP contribution in [0.25, 0.3) is 0 Å². The Kier molecular flexibility index (Phi) is 3.28. The van der Waals surface area contributed by atoms with Crippen LogP contribution in [0.2, 0.25) is 0 Å². The minimum Gasteiger partial charge on any atom is -0.393 e. The van der Waals surface area contributed by atoms with E-state index in [2.05, 4.69) is 0 Å². The fourth-order valence-electron chi connectivity index (χ4n) is 1.12. The number of benzene rings is 1. The van der Waals surface area contributed by atoms with Gasteiger partial charge in [-0.05, 0) is 6.92 Å². The van der Waals surface area contributed by atoms with Crippen LogP contribution in [0.4, 0.5) is 22.0 Å². The molecule has 1 atom stereocenters. The van der Waals surface area contributed by atoms with Crippen LogP contribution >= 0.6 is 0 Å². The van der Waals surface area contributed by atoms with E-state index < -0.39 is 47.2 Å². The molecule has 0 aliphatic rings. The molecule has 1 aromatic rings. The van der Waals surface area contributed by atoms with Crippen molar-refractivity contribution >= 4 is 0 Å². The maximum atomic E-state index is 12.9. The maximum absolute atomic E-state index is 12.9. The third-order valence-corrected chi connectivity index (χ3v) is 1.80. The van der Waals surface area contributed by atoms with Crippen LogP contribution in [0.1, 0.15) is 12.5 Å². The van der Waals surface area contributed by atoms with Crippen molar-refractivity contribution in [3.63, 3.8) is 0 Å². The highest BCUT2D eigenvalue weighted by atomic mass is 19.2. The molecule has 6 heteroatoms. The molecule has 0 fully saturated rings. The fraction of sp³-hybridized carbons (Fsp3) is 0.333. The van der Waals surface area contributed by atoms with Crippen molar-refractivity contribution in [3.05, 3.63) is 34.6 Å². The minimum atomic E-state index is -2.20. The van der Waals surface area contributed by atoms with Gasteiger partial charge in [0.25, 0.3) is 0 Å². The van der Waals surface area contributed by atoms with Crippen LogP contribution in [-0.4, -0.2) is 11.2 Å². The fourth-order valence-corrected chi connectivity index (χ4v) is 1.12. The highest BCUT2D eigenvalue weighted by molar-refractivity contribution is 5.24. The van der Waals surface area contributed by atoms with Gasteiger partial charge in [0.15, 0.2) is 23.3 Å². The van der Waals surface area contributed by atoms with Crippen molar-refractivity contribution in [1.29, 1.82) is 0 Å². The van der Waals surface area contributed by atoms with E-state index in [9.17, 15) is 22.0 Å². The van der Waals surface area contributed by atoms with E-state index in [0.717, 1.165) is 0 Å². The monoisotopic (exact) mass is 226 g/mol. The van der Waals surface area contributed by atoms with Gasteiger partial charge >= 0.3 is 0 Å². The Labute approximate surface area is 82.1 Å². The molecule has 0 unspecified atom stereocenters. The van der Waals surface area contributed by atoms with Crippen molar-refractivity contribution in [3.8, 4) is 0 Å². The van der Waals surface area contributed by atoms with Crippen LogP contribution in [0.5, 0.6) is 0 Å². The second-order valence-corrected chi connectivity index (χ2v) is 3.10. The van der Waals surface area contributed by atoms with E-state index in [-0.39, 0.29) is 0 Å². The summed E-state index contributed by atoms with van der Waals surface area (Å²) in [6.07, 6.45) is -1.83. The quantitative estimate of drug-likeness (QED) is 0.466. The maximum Gasteiger partial charge on any atom is 0.200 e. The lowest BCUT2D eigenvalue weighted by atomic mass is 10.1. The first-order valence-electron chi connectivity index (χ1n) is 4.04. The molecule has 0 saturated heterocycles. The predicted molar refractivity (Wildman–Crippen MR) is 41.6 cm³/mol. The Morgan fingerprint density at radius 2 is 1.20 bits per heavy atom. The molecule has 0 aliphatic heterocycles. The van der Waals surface area contributed by atoms with Crippen molar-refractivity contribution < 1.29 is 27.1 Å². The first-order chi connectivity index (χ1) is 6.86. The average Bonchev–Trinajstić information content (AvgIpc) is 2.18. The van der Waals surface area contributed by atoms with Crippen LogP contribution in [0, 0.1) is 29.1 Å². The summed E-state index contributed by atoms with van der Waals surface area (Å²) in [6.45, 7) is 1.18.